The van der Waals surface area contributed by atoms with E-state index in [0.29, 0.717) is 24.4 Å². The second kappa shape index (κ2) is 9.94. The first kappa shape index (κ1) is 22.8. The van der Waals surface area contributed by atoms with Gasteiger partial charge < -0.3 is 19.6 Å². The van der Waals surface area contributed by atoms with Crippen LogP contribution in [0.25, 0.3) is 5.76 Å². The summed E-state index contributed by atoms with van der Waals surface area (Å²) in [6.45, 7) is 6.72. The number of ketones is 1. The van der Waals surface area contributed by atoms with E-state index in [1.54, 1.807) is 42.7 Å². The van der Waals surface area contributed by atoms with Crippen LogP contribution in [0.15, 0.2) is 48.3 Å². The summed E-state index contributed by atoms with van der Waals surface area (Å²) in [6.07, 6.45) is 3.19. The second-order valence-corrected chi connectivity index (χ2v) is 7.55. The number of aromatic nitrogens is 1. The van der Waals surface area contributed by atoms with Crippen LogP contribution in [0.3, 0.4) is 0 Å². The lowest BCUT2D eigenvalue weighted by Crippen LogP contribution is -2.38. The molecule has 0 bridgehead atoms. The van der Waals surface area contributed by atoms with Crippen molar-refractivity contribution in [2.45, 2.75) is 19.9 Å². The molecule has 0 saturated carbocycles. The zero-order chi connectivity index (χ0) is 22.5. The summed E-state index contributed by atoms with van der Waals surface area (Å²) in [5, 5.41) is 11.4. The van der Waals surface area contributed by atoms with Gasteiger partial charge in [0, 0.05) is 31.0 Å². The van der Waals surface area contributed by atoms with Gasteiger partial charge >= 0.3 is 0 Å². The Morgan fingerprint density at radius 2 is 1.87 bits per heavy atom. The van der Waals surface area contributed by atoms with Gasteiger partial charge in [0.05, 0.1) is 23.7 Å². The quantitative estimate of drug-likeness (QED) is 0.382. The van der Waals surface area contributed by atoms with Crippen molar-refractivity contribution in [3.8, 4) is 5.75 Å². The summed E-state index contributed by atoms with van der Waals surface area (Å²) in [7, 11) is 1.50. The molecule has 7 nitrogen and oxygen atoms in total. The number of carbonyl (C=O) groups is 2. The molecule has 1 fully saturated rings. The smallest absolute Gasteiger partial charge is 0.295 e. The number of nitrogens with zero attached hydrogens (tertiary/aromatic N) is 3. The van der Waals surface area contributed by atoms with Crippen LogP contribution in [0.4, 0.5) is 0 Å². The predicted molar refractivity (Wildman–Crippen MR) is 119 cm³/mol. The largest absolute Gasteiger partial charge is 0.507 e. The Labute approximate surface area is 186 Å². The van der Waals surface area contributed by atoms with Crippen molar-refractivity contribution in [3.05, 3.63) is 64.4 Å². The molecule has 2 aromatic rings. The summed E-state index contributed by atoms with van der Waals surface area (Å²) in [6, 6.07) is 7.52. The van der Waals surface area contributed by atoms with Crippen LogP contribution in [-0.2, 0) is 9.59 Å². The van der Waals surface area contributed by atoms with Gasteiger partial charge in [-0.05, 0) is 49.0 Å². The number of rotatable bonds is 8. The summed E-state index contributed by atoms with van der Waals surface area (Å²) >= 11 is 6.30. The fourth-order valence-corrected chi connectivity index (χ4v) is 3.96. The maximum Gasteiger partial charge on any atom is 0.295 e. The van der Waals surface area contributed by atoms with Gasteiger partial charge in [-0.1, -0.05) is 25.4 Å². The molecular weight excluding hydrogens is 418 g/mol. The van der Waals surface area contributed by atoms with E-state index >= 15 is 0 Å². The second-order valence-electron chi connectivity index (χ2n) is 7.15. The van der Waals surface area contributed by atoms with Gasteiger partial charge in [0.1, 0.15) is 11.5 Å². The fraction of sp³-hybridized carbons (Fsp3) is 0.348. The molecule has 1 amide bonds. The Hall–Kier alpha value is -2.90. The number of methoxy groups -OCH3 is 1. The van der Waals surface area contributed by atoms with Crippen molar-refractivity contribution < 1.29 is 19.4 Å². The number of aliphatic hydroxyl groups excluding tert-OH is 1. The SMILES string of the molecule is CCN(CC)CCN1C(=O)C(=O)/C(=C(/O)c2cc(OC)ccc2Cl)C1c1ccncc1. The van der Waals surface area contributed by atoms with E-state index in [4.69, 9.17) is 16.3 Å². The monoisotopic (exact) mass is 443 g/mol. The standard InChI is InChI=1S/C23H26ClN3O4/c1-4-26(5-2)12-13-27-20(15-8-10-25-11-9-15)19(22(29)23(27)30)21(28)17-14-16(31-3)6-7-18(17)24/h6-11,14,20,28H,4-5,12-13H2,1-3H3/b21-19+. The van der Waals surface area contributed by atoms with Crippen molar-refractivity contribution >= 4 is 29.1 Å². The van der Waals surface area contributed by atoms with Crippen LogP contribution >= 0.6 is 11.6 Å². The number of aliphatic hydroxyl groups is 1. The lowest BCUT2D eigenvalue weighted by molar-refractivity contribution is -0.140. The first-order chi connectivity index (χ1) is 14.9. The van der Waals surface area contributed by atoms with Crippen molar-refractivity contribution in [2.75, 3.05) is 33.3 Å². The fourth-order valence-electron chi connectivity index (χ4n) is 3.75. The number of Topliss-reactive ketones (excluding diaryl/α,β-unsaturated/α-hetero) is 1. The first-order valence-electron chi connectivity index (χ1n) is 10.2. The third-order valence-corrected chi connectivity index (χ3v) is 5.87. The number of hydrogen-bond donors (Lipinski definition) is 1. The number of pyridine rings is 1. The topological polar surface area (TPSA) is 83.0 Å². The van der Waals surface area contributed by atoms with Crippen LogP contribution in [0.2, 0.25) is 5.02 Å². The highest BCUT2D eigenvalue weighted by atomic mass is 35.5. The average molecular weight is 444 g/mol. The lowest BCUT2D eigenvalue weighted by Gasteiger charge is -2.28. The molecule has 8 heteroatoms. The Morgan fingerprint density at radius 3 is 2.48 bits per heavy atom. The maximum atomic E-state index is 13.1. The molecule has 0 radical (unpaired) electrons. The normalized spacial score (nSPS) is 18.1. The highest BCUT2D eigenvalue weighted by Crippen LogP contribution is 2.40. The highest BCUT2D eigenvalue weighted by Gasteiger charge is 2.46. The number of halogens is 1. The molecule has 0 spiro atoms. The molecule has 1 aliphatic heterocycles. The Kier molecular flexibility index (Phi) is 7.30. The zero-order valence-corrected chi connectivity index (χ0v) is 18.6. The first-order valence-corrected chi connectivity index (χ1v) is 10.5. The lowest BCUT2D eigenvalue weighted by atomic mass is 9.96. The van der Waals surface area contributed by atoms with E-state index in [1.165, 1.54) is 12.0 Å². The van der Waals surface area contributed by atoms with Gasteiger partial charge in [-0.15, -0.1) is 0 Å². The predicted octanol–water partition coefficient (Wildman–Crippen LogP) is 3.51. The summed E-state index contributed by atoms with van der Waals surface area (Å²) in [5.41, 5.74) is 0.932. The Morgan fingerprint density at radius 1 is 1.19 bits per heavy atom. The van der Waals surface area contributed by atoms with Gasteiger partial charge in [0.2, 0.25) is 0 Å². The van der Waals surface area contributed by atoms with E-state index < -0.39 is 17.7 Å². The summed E-state index contributed by atoms with van der Waals surface area (Å²) in [5.74, 6) is -1.23. The minimum atomic E-state index is -0.738. The molecule has 0 aliphatic carbocycles. The van der Waals surface area contributed by atoms with Gasteiger partial charge in [-0.2, -0.15) is 0 Å². The molecule has 1 aromatic carbocycles. The molecule has 164 valence electrons. The van der Waals surface area contributed by atoms with Crippen LogP contribution in [0, 0.1) is 0 Å². The third-order valence-electron chi connectivity index (χ3n) is 5.54. The van der Waals surface area contributed by atoms with E-state index in [0.717, 1.165) is 13.1 Å². The number of benzene rings is 1. The van der Waals surface area contributed by atoms with Gasteiger partial charge in [-0.25, -0.2) is 0 Å². The molecule has 31 heavy (non-hydrogen) atoms. The summed E-state index contributed by atoms with van der Waals surface area (Å²) < 4.78 is 5.22. The summed E-state index contributed by atoms with van der Waals surface area (Å²) in [4.78, 5) is 33.7. The zero-order valence-electron chi connectivity index (χ0n) is 17.8. The Balaban J connectivity index is 2.12. The molecule has 1 aromatic heterocycles. The van der Waals surface area contributed by atoms with Crippen LogP contribution in [0.1, 0.15) is 31.0 Å². The van der Waals surface area contributed by atoms with Crippen LogP contribution in [0.5, 0.6) is 5.75 Å². The van der Waals surface area contributed by atoms with Crippen molar-refractivity contribution in [2.24, 2.45) is 0 Å². The molecule has 1 saturated heterocycles. The van der Waals surface area contributed by atoms with Crippen LogP contribution < -0.4 is 4.74 Å². The van der Waals surface area contributed by atoms with E-state index in [9.17, 15) is 14.7 Å². The van der Waals surface area contributed by atoms with Crippen molar-refractivity contribution in [1.82, 2.24) is 14.8 Å². The molecule has 3 rings (SSSR count). The van der Waals surface area contributed by atoms with E-state index in [2.05, 4.69) is 9.88 Å². The van der Waals surface area contributed by atoms with E-state index in [-0.39, 0.29) is 21.9 Å². The molecular formula is C23H26ClN3O4. The maximum absolute atomic E-state index is 13.1. The number of ether oxygens (including phenoxy) is 1. The minimum Gasteiger partial charge on any atom is -0.507 e. The number of hydrogen-bond acceptors (Lipinski definition) is 6. The molecule has 1 N–H and O–H groups in total. The van der Waals surface area contributed by atoms with Gasteiger partial charge in [0.25, 0.3) is 11.7 Å². The van der Waals surface area contributed by atoms with Gasteiger partial charge in [0.15, 0.2) is 0 Å². The molecule has 2 heterocycles. The van der Waals surface area contributed by atoms with Crippen molar-refractivity contribution in [3.63, 3.8) is 0 Å². The number of likely N-dealkylation sites (N-methyl/N-ethyl adjacent to an activating group) is 1. The number of likely N-dealkylation sites (tertiary alicyclic amines) is 1. The Bertz CT molecular complexity index is 990. The molecule has 1 aliphatic rings. The highest BCUT2D eigenvalue weighted by molar-refractivity contribution is 6.47. The third kappa shape index (κ3) is 4.57. The van der Waals surface area contributed by atoms with Gasteiger partial charge in [-0.3, -0.25) is 14.6 Å². The average Bonchev–Trinajstić information content (AvgIpc) is 3.05. The van der Waals surface area contributed by atoms with E-state index in [1.807, 2.05) is 13.8 Å². The number of amides is 1. The molecule has 1 unspecified atom stereocenters. The number of carbonyl (C=O) groups excluding carboxylic acids is 2. The molecule has 1 atom stereocenters. The minimum absolute atomic E-state index is 0.00546. The van der Waals surface area contributed by atoms with Crippen molar-refractivity contribution in [1.29, 1.82) is 0 Å². The van der Waals surface area contributed by atoms with Crippen LogP contribution in [-0.4, -0.2) is 64.9 Å².